The summed E-state index contributed by atoms with van der Waals surface area (Å²) in [5, 5.41) is 13.4. The van der Waals surface area contributed by atoms with E-state index in [1.807, 2.05) is 24.3 Å². The summed E-state index contributed by atoms with van der Waals surface area (Å²) in [4.78, 5) is 11.6. The standard InChI is InChI=1S/C21H20O3/c1-14(2)21(23)24-18-8-10-20-17(13-18)7-6-16-12-15(4-3-11-22)5-9-19(16)20/h5-10,12-13,22H,1,3-4,11H2,2H3. The maximum absolute atomic E-state index is 11.6. The van der Waals surface area contributed by atoms with Crippen LogP contribution in [0.15, 0.2) is 60.7 Å². The Balaban J connectivity index is 1.99. The molecule has 0 saturated heterocycles. The van der Waals surface area contributed by atoms with Crippen molar-refractivity contribution in [3.8, 4) is 5.75 Å². The third-order valence-electron chi connectivity index (χ3n) is 4.05. The fourth-order valence-corrected chi connectivity index (χ4v) is 2.80. The van der Waals surface area contributed by atoms with Gasteiger partial charge in [0.15, 0.2) is 0 Å². The fraction of sp³-hybridized carbons (Fsp3) is 0.190. The SMILES string of the molecule is C=C(C)C(=O)Oc1ccc2c(ccc3cc(CCCO)ccc32)c1. The first kappa shape index (κ1) is 16.2. The number of carbonyl (C=O) groups excluding carboxylic acids is 1. The minimum absolute atomic E-state index is 0.210. The molecular weight excluding hydrogens is 300 g/mol. The third kappa shape index (κ3) is 3.31. The second-order valence-corrected chi connectivity index (χ2v) is 6.00. The molecule has 0 aliphatic heterocycles. The molecule has 0 fully saturated rings. The highest BCUT2D eigenvalue weighted by atomic mass is 16.5. The Morgan fingerprint density at radius 2 is 1.71 bits per heavy atom. The van der Waals surface area contributed by atoms with E-state index >= 15 is 0 Å². The molecular formula is C21H20O3. The number of aliphatic hydroxyl groups is 1. The zero-order valence-corrected chi connectivity index (χ0v) is 13.7. The van der Waals surface area contributed by atoms with Crippen LogP contribution in [0.1, 0.15) is 18.9 Å². The minimum atomic E-state index is -0.413. The van der Waals surface area contributed by atoms with Crippen molar-refractivity contribution in [2.24, 2.45) is 0 Å². The Morgan fingerprint density at radius 1 is 1.04 bits per heavy atom. The second kappa shape index (κ2) is 6.85. The van der Waals surface area contributed by atoms with Gasteiger partial charge in [-0.15, -0.1) is 0 Å². The van der Waals surface area contributed by atoms with E-state index in [9.17, 15) is 4.79 Å². The highest BCUT2D eigenvalue weighted by Crippen LogP contribution is 2.29. The normalized spacial score (nSPS) is 10.9. The van der Waals surface area contributed by atoms with Crippen LogP contribution in [0.2, 0.25) is 0 Å². The number of esters is 1. The summed E-state index contributed by atoms with van der Waals surface area (Å²) in [5.41, 5.74) is 1.60. The van der Waals surface area contributed by atoms with Crippen LogP contribution in [0.3, 0.4) is 0 Å². The molecule has 3 aromatic rings. The summed E-state index contributed by atoms with van der Waals surface area (Å²) < 4.78 is 5.30. The van der Waals surface area contributed by atoms with Gasteiger partial charge in [0.2, 0.25) is 0 Å². The van der Waals surface area contributed by atoms with E-state index < -0.39 is 5.97 Å². The number of fused-ring (bicyclic) bond motifs is 3. The molecule has 0 bridgehead atoms. The van der Waals surface area contributed by atoms with Crippen LogP contribution < -0.4 is 4.74 Å². The quantitative estimate of drug-likeness (QED) is 0.328. The largest absolute Gasteiger partial charge is 0.423 e. The van der Waals surface area contributed by atoms with Crippen molar-refractivity contribution in [2.75, 3.05) is 6.61 Å². The van der Waals surface area contributed by atoms with E-state index in [0.29, 0.717) is 11.3 Å². The van der Waals surface area contributed by atoms with E-state index in [1.54, 1.807) is 6.92 Å². The molecule has 0 aliphatic carbocycles. The number of ether oxygens (including phenoxy) is 1. The van der Waals surface area contributed by atoms with E-state index in [1.165, 1.54) is 10.9 Å². The lowest BCUT2D eigenvalue weighted by Gasteiger charge is -2.09. The van der Waals surface area contributed by atoms with Gasteiger partial charge in [0, 0.05) is 12.2 Å². The van der Waals surface area contributed by atoms with Gasteiger partial charge in [-0.05, 0) is 59.0 Å². The zero-order valence-electron chi connectivity index (χ0n) is 13.7. The Labute approximate surface area is 141 Å². The molecule has 0 aliphatic rings. The van der Waals surface area contributed by atoms with Gasteiger partial charge >= 0.3 is 5.97 Å². The first-order valence-corrected chi connectivity index (χ1v) is 8.02. The molecule has 0 aromatic heterocycles. The Morgan fingerprint density at radius 3 is 2.38 bits per heavy atom. The van der Waals surface area contributed by atoms with E-state index in [4.69, 9.17) is 9.84 Å². The van der Waals surface area contributed by atoms with Gasteiger partial charge in [0.05, 0.1) is 0 Å². The maximum Gasteiger partial charge on any atom is 0.338 e. The molecule has 3 aromatic carbocycles. The van der Waals surface area contributed by atoms with Gasteiger partial charge in [-0.25, -0.2) is 4.79 Å². The summed E-state index contributed by atoms with van der Waals surface area (Å²) in [7, 11) is 0. The van der Waals surface area contributed by atoms with Crippen LogP contribution in [0.25, 0.3) is 21.5 Å². The predicted octanol–water partition coefficient (Wildman–Crippen LogP) is 4.40. The lowest BCUT2D eigenvalue weighted by molar-refractivity contribution is -0.130. The summed E-state index contributed by atoms with van der Waals surface area (Å²) in [6, 6.07) is 16.1. The molecule has 0 radical (unpaired) electrons. The Hall–Kier alpha value is -2.65. The average Bonchev–Trinajstić information content (AvgIpc) is 2.59. The second-order valence-electron chi connectivity index (χ2n) is 6.00. The summed E-state index contributed by atoms with van der Waals surface area (Å²) in [5.74, 6) is 0.109. The molecule has 24 heavy (non-hydrogen) atoms. The van der Waals surface area contributed by atoms with Crippen molar-refractivity contribution in [3.63, 3.8) is 0 Å². The van der Waals surface area contributed by atoms with Gasteiger partial charge in [0.25, 0.3) is 0 Å². The van der Waals surface area contributed by atoms with E-state index in [-0.39, 0.29) is 6.61 Å². The summed E-state index contributed by atoms with van der Waals surface area (Å²) in [6.07, 6.45) is 1.65. The maximum atomic E-state index is 11.6. The first-order chi connectivity index (χ1) is 11.6. The van der Waals surface area contributed by atoms with Crippen molar-refractivity contribution in [3.05, 3.63) is 66.2 Å². The smallest absolute Gasteiger partial charge is 0.338 e. The molecule has 0 unspecified atom stereocenters. The molecule has 3 rings (SSSR count). The lowest BCUT2D eigenvalue weighted by Crippen LogP contribution is -2.07. The number of hydrogen-bond acceptors (Lipinski definition) is 3. The summed E-state index contributed by atoms with van der Waals surface area (Å²) >= 11 is 0. The predicted molar refractivity (Wildman–Crippen MR) is 97.3 cm³/mol. The molecule has 0 spiro atoms. The third-order valence-corrected chi connectivity index (χ3v) is 4.05. The highest BCUT2D eigenvalue weighted by molar-refractivity contribution is 6.08. The van der Waals surface area contributed by atoms with Crippen molar-refractivity contribution in [1.29, 1.82) is 0 Å². The number of benzene rings is 3. The fourth-order valence-electron chi connectivity index (χ4n) is 2.80. The van der Waals surface area contributed by atoms with Crippen LogP contribution in [0, 0.1) is 0 Å². The number of hydrogen-bond donors (Lipinski definition) is 1. The molecule has 0 saturated carbocycles. The number of carbonyl (C=O) groups is 1. The molecule has 3 heteroatoms. The average molecular weight is 320 g/mol. The molecule has 0 heterocycles. The van der Waals surface area contributed by atoms with Crippen molar-refractivity contribution < 1.29 is 14.6 Å². The topological polar surface area (TPSA) is 46.5 Å². The van der Waals surface area contributed by atoms with Crippen LogP contribution in [-0.4, -0.2) is 17.7 Å². The Kier molecular flexibility index (Phi) is 4.63. The molecule has 3 nitrogen and oxygen atoms in total. The molecule has 0 amide bonds. The van der Waals surface area contributed by atoms with Crippen LogP contribution in [-0.2, 0) is 11.2 Å². The number of rotatable bonds is 5. The van der Waals surface area contributed by atoms with Gasteiger partial charge in [-0.1, -0.05) is 43.0 Å². The van der Waals surface area contributed by atoms with Crippen LogP contribution >= 0.6 is 0 Å². The van der Waals surface area contributed by atoms with Crippen molar-refractivity contribution >= 4 is 27.5 Å². The van der Waals surface area contributed by atoms with Crippen molar-refractivity contribution in [2.45, 2.75) is 19.8 Å². The van der Waals surface area contributed by atoms with Crippen LogP contribution in [0.4, 0.5) is 0 Å². The number of aryl methyl sites for hydroxylation is 1. The first-order valence-electron chi connectivity index (χ1n) is 8.02. The van der Waals surface area contributed by atoms with Crippen molar-refractivity contribution in [1.82, 2.24) is 0 Å². The lowest BCUT2D eigenvalue weighted by atomic mass is 9.98. The van der Waals surface area contributed by atoms with Gasteiger partial charge in [-0.3, -0.25) is 0 Å². The molecule has 0 atom stereocenters. The van der Waals surface area contributed by atoms with Crippen LogP contribution in [0.5, 0.6) is 5.75 Å². The zero-order chi connectivity index (χ0) is 17.1. The minimum Gasteiger partial charge on any atom is -0.423 e. The Bertz CT molecular complexity index is 925. The van der Waals surface area contributed by atoms with E-state index in [0.717, 1.165) is 29.0 Å². The van der Waals surface area contributed by atoms with Gasteiger partial charge in [0.1, 0.15) is 5.75 Å². The van der Waals surface area contributed by atoms with Gasteiger partial charge < -0.3 is 9.84 Å². The molecule has 1 N–H and O–H groups in total. The summed E-state index contributed by atoms with van der Waals surface area (Å²) in [6.45, 7) is 5.43. The van der Waals surface area contributed by atoms with Gasteiger partial charge in [-0.2, -0.15) is 0 Å². The molecule has 122 valence electrons. The van der Waals surface area contributed by atoms with E-state index in [2.05, 4.69) is 30.8 Å². The highest BCUT2D eigenvalue weighted by Gasteiger charge is 2.07. The number of aliphatic hydroxyl groups excluding tert-OH is 1. The monoisotopic (exact) mass is 320 g/mol.